The standard InChI is InChI=1S/C10H17NO4/c1-10(2,3)15-9(13)11(14)7-5-4-6-8(11)12/h4-7H2,1-3H3. The molecule has 1 saturated heterocycles. The van der Waals surface area contributed by atoms with Crippen LogP contribution in [0.2, 0.25) is 0 Å². The van der Waals surface area contributed by atoms with Crippen molar-refractivity contribution in [2.75, 3.05) is 6.54 Å². The number of hydroxylamine groups is 3. The van der Waals surface area contributed by atoms with E-state index in [9.17, 15) is 14.8 Å². The van der Waals surface area contributed by atoms with E-state index < -0.39 is 22.2 Å². The van der Waals surface area contributed by atoms with E-state index in [1.165, 1.54) is 0 Å². The largest absolute Gasteiger partial charge is 0.615 e. The highest BCUT2D eigenvalue weighted by molar-refractivity contribution is 5.82. The first-order chi connectivity index (χ1) is 6.76. The van der Waals surface area contributed by atoms with Gasteiger partial charge in [0.2, 0.25) is 0 Å². The zero-order chi connectivity index (χ0) is 11.7. The Morgan fingerprint density at radius 3 is 2.47 bits per heavy atom. The number of imide groups is 1. The van der Waals surface area contributed by atoms with Gasteiger partial charge < -0.3 is 9.94 Å². The lowest BCUT2D eigenvalue weighted by Crippen LogP contribution is -2.56. The molecule has 1 atom stereocenters. The number of ether oxygens (including phenoxy) is 1. The van der Waals surface area contributed by atoms with Crippen LogP contribution in [0.25, 0.3) is 0 Å². The van der Waals surface area contributed by atoms with Crippen LogP contribution in [0.15, 0.2) is 0 Å². The molecule has 0 spiro atoms. The minimum absolute atomic E-state index is 0.00769. The van der Waals surface area contributed by atoms with Gasteiger partial charge in [0.15, 0.2) is 0 Å². The van der Waals surface area contributed by atoms with Crippen LogP contribution in [0.5, 0.6) is 0 Å². The lowest BCUT2D eigenvalue weighted by Gasteiger charge is -2.39. The van der Waals surface area contributed by atoms with Crippen molar-refractivity contribution >= 4 is 12.0 Å². The Balaban J connectivity index is 2.76. The summed E-state index contributed by atoms with van der Waals surface area (Å²) < 4.78 is 3.50. The van der Waals surface area contributed by atoms with Crippen LogP contribution >= 0.6 is 0 Å². The van der Waals surface area contributed by atoms with E-state index in [0.29, 0.717) is 12.8 Å². The second-order valence-electron chi connectivity index (χ2n) is 4.79. The van der Waals surface area contributed by atoms with Gasteiger partial charge in [0.25, 0.3) is 0 Å². The quantitative estimate of drug-likeness (QED) is 0.457. The molecule has 0 aromatic rings. The molecule has 1 aliphatic rings. The molecule has 5 heteroatoms. The summed E-state index contributed by atoms with van der Waals surface area (Å²) in [6.45, 7) is 5.02. The summed E-state index contributed by atoms with van der Waals surface area (Å²) >= 11 is 0. The highest BCUT2D eigenvalue weighted by atomic mass is 16.7. The molecule has 1 fully saturated rings. The molecule has 1 rings (SSSR count). The van der Waals surface area contributed by atoms with Crippen molar-refractivity contribution in [3.05, 3.63) is 5.21 Å². The third-order valence-electron chi connectivity index (χ3n) is 2.20. The van der Waals surface area contributed by atoms with E-state index in [1.807, 2.05) is 0 Å². The molecule has 0 radical (unpaired) electrons. The first-order valence-electron chi connectivity index (χ1n) is 5.12. The predicted molar refractivity (Wildman–Crippen MR) is 53.6 cm³/mol. The topological polar surface area (TPSA) is 66.4 Å². The molecule has 0 saturated carbocycles. The highest BCUT2D eigenvalue weighted by Crippen LogP contribution is 2.22. The minimum Gasteiger partial charge on any atom is -0.615 e. The van der Waals surface area contributed by atoms with E-state index in [2.05, 4.69) is 0 Å². The SMILES string of the molecule is CC(C)(C)OC(=O)[N+]1([O-])CCCCC1=O. The number of carbonyl (C=O) groups excluding carboxylic acids is 2. The summed E-state index contributed by atoms with van der Waals surface area (Å²) in [5.41, 5.74) is -0.732. The maximum Gasteiger partial charge on any atom is 0.524 e. The molecule has 0 bridgehead atoms. The zero-order valence-corrected chi connectivity index (χ0v) is 9.41. The van der Waals surface area contributed by atoms with Crippen LogP contribution in [-0.2, 0) is 9.53 Å². The van der Waals surface area contributed by atoms with E-state index >= 15 is 0 Å². The second-order valence-corrected chi connectivity index (χ2v) is 4.79. The summed E-state index contributed by atoms with van der Waals surface area (Å²) in [5, 5.41) is 11.9. The smallest absolute Gasteiger partial charge is 0.524 e. The van der Waals surface area contributed by atoms with E-state index in [4.69, 9.17) is 4.74 Å². The molecule has 0 aromatic carbocycles. The van der Waals surface area contributed by atoms with Gasteiger partial charge in [-0.25, -0.2) is 4.79 Å². The molecule has 0 aromatic heterocycles. The number of likely N-dealkylation sites (tertiary alicyclic amines) is 1. The van der Waals surface area contributed by atoms with Gasteiger partial charge in [-0.15, -0.1) is 0 Å². The zero-order valence-electron chi connectivity index (χ0n) is 9.41. The maximum absolute atomic E-state index is 11.9. The monoisotopic (exact) mass is 215 g/mol. The van der Waals surface area contributed by atoms with Crippen LogP contribution in [0.4, 0.5) is 4.79 Å². The summed E-state index contributed by atoms with van der Waals surface area (Å²) in [7, 11) is 0. The fraction of sp³-hybridized carbons (Fsp3) is 0.800. The normalized spacial score (nSPS) is 27.6. The number of carbonyl (C=O) groups is 2. The Morgan fingerprint density at radius 1 is 1.40 bits per heavy atom. The van der Waals surface area contributed by atoms with Gasteiger partial charge in [-0.1, -0.05) is 0 Å². The lowest BCUT2D eigenvalue weighted by molar-refractivity contribution is -0.735. The fourth-order valence-electron chi connectivity index (χ4n) is 1.44. The molecule has 15 heavy (non-hydrogen) atoms. The first kappa shape index (κ1) is 12.1. The molecule has 0 aliphatic carbocycles. The van der Waals surface area contributed by atoms with Gasteiger partial charge in [0.05, 0.1) is 13.0 Å². The van der Waals surface area contributed by atoms with Crippen LogP contribution < -0.4 is 0 Å². The van der Waals surface area contributed by atoms with Crippen molar-refractivity contribution in [2.45, 2.75) is 45.6 Å². The van der Waals surface area contributed by atoms with Crippen molar-refractivity contribution in [3.63, 3.8) is 0 Å². The predicted octanol–water partition coefficient (Wildman–Crippen LogP) is 1.95. The number of rotatable bonds is 0. The molecule has 2 amide bonds. The Morgan fingerprint density at radius 2 is 2.00 bits per heavy atom. The summed E-state index contributed by atoms with van der Waals surface area (Å²) in [4.78, 5) is 23.0. The average Bonchev–Trinajstić information content (AvgIpc) is 2.07. The highest BCUT2D eigenvalue weighted by Gasteiger charge is 2.41. The van der Waals surface area contributed by atoms with Crippen LogP contribution in [0, 0.1) is 5.21 Å². The number of hydrogen-bond acceptors (Lipinski definition) is 4. The Kier molecular flexibility index (Phi) is 3.16. The number of amides is 2. The molecule has 86 valence electrons. The second kappa shape index (κ2) is 3.90. The van der Waals surface area contributed by atoms with Crippen molar-refractivity contribution < 1.29 is 19.0 Å². The van der Waals surface area contributed by atoms with Crippen molar-refractivity contribution in [1.82, 2.24) is 0 Å². The summed E-state index contributed by atoms with van der Waals surface area (Å²) in [6.07, 6.45) is 0.466. The van der Waals surface area contributed by atoms with Gasteiger partial charge in [-0.2, -0.15) is 9.44 Å². The molecule has 5 nitrogen and oxygen atoms in total. The van der Waals surface area contributed by atoms with Gasteiger partial charge >= 0.3 is 12.0 Å². The molecule has 1 aliphatic heterocycles. The average molecular weight is 215 g/mol. The lowest BCUT2D eigenvalue weighted by atomic mass is 10.1. The number of hydrogen-bond donors (Lipinski definition) is 0. The molecule has 0 N–H and O–H groups in total. The van der Waals surface area contributed by atoms with Crippen LogP contribution in [0.3, 0.4) is 0 Å². The molecular formula is C10H17NO4. The van der Waals surface area contributed by atoms with Gasteiger partial charge in [-0.05, 0) is 33.6 Å². The third kappa shape index (κ3) is 2.76. The first-order valence-corrected chi connectivity index (χ1v) is 5.12. The van der Waals surface area contributed by atoms with Crippen molar-refractivity contribution in [1.29, 1.82) is 0 Å². The minimum atomic E-state index is -1.45. The molecular weight excluding hydrogens is 198 g/mol. The Bertz CT molecular complexity index is 282. The third-order valence-corrected chi connectivity index (χ3v) is 2.20. The number of quaternary nitrogens is 1. The molecule has 1 heterocycles. The molecule has 1 unspecified atom stereocenters. The Hall–Kier alpha value is -0.940. The van der Waals surface area contributed by atoms with E-state index in [0.717, 1.165) is 0 Å². The van der Waals surface area contributed by atoms with Gasteiger partial charge in [0.1, 0.15) is 5.60 Å². The fourth-order valence-corrected chi connectivity index (χ4v) is 1.44. The van der Waals surface area contributed by atoms with Gasteiger partial charge in [-0.3, -0.25) is 0 Å². The maximum atomic E-state index is 11.9. The van der Waals surface area contributed by atoms with Crippen molar-refractivity contribution in [2.24, 2.45) is 0 Å². The summed E-state index contributed by atoms with van der Waals surface area (Å²) in [5.74, 6) is -0.587. The summed E-state index contributed by atoms with van der Waals surface area (Å²) in [6, 6.07) is 0. The number of piperidine rings is 1. The van der Waals surface area contributed by atoms with Gasteiger partial charge in [0, 0.05) is 0 Å². The van der Waals surface area contributed by atoms with Crippen molar-refractivity contribution in [3.8, 4) is 0 Å². The van der Waals surface area contributed by atoms with E-state index in [1.54, 1.807) is 20.8 Å². The number of nitrogens with zero attached hydrogens (tertiary/aromatic N) is 1. The van der Waals surface area contributed by atoms with E-state index in [-0.39, 0.29) is 13.0 Å². The van der Waals surface area contributed by atoms with Crippen LogP contribution in [-0.4, -0.2) is 28.8 Å². The van der Waals surface area contributed by atoms with Crippen LogP contribution in [0.1, 0.15) is 40.0 Å². The Labute approximate surface area is 89.2 Å².